The lowest BCUT2D eigenvalue weighted by Crippen LogP contribution is -2.52. The van der Waals surface area contributed by atoms with Crippen molar-refractivity contribution in [3.8, 4) is 0 Å². The number of aryl methyl sites for hydroxylation is 2. The minimum atomic E-state index is -4.12. The summed E-state index contributed by atoms with van der Waals surface area (Å²) in [6, 6.07) is 18.3. The van der Waals surface area contributed by atoms with Crippen molar-refractivity contribution in [1.82, 2.24) is 10.2 Å². The largest absolute Gasteiger partial charge is 0.352 e. The number of nitrogens with one attached hydrogen (secondary N) is 1. The summed E-state index contributed by atoms with van der Waals surface area (Å²) in [6.07, 6.45) is 3.95. The second-order valence-electron chi connectivity index (χ2n) is 10.9. The van der Waals surface area contributed by atoms with Crippen LogP contribution in [0.1, 0.15) is 54.9 Å². The van der Waals surface area contributed by atoms with Gasteiger partial charge in [0.15, 0.2) is 0 Å². The molecule has 0 aliphatic heterocycles. The van der Waals surface area contributed by atoms with Crippen molar-refractivity contribution in [1.29, 1.82) is 0 Å². The average Bonchev–Trinajstić information content (AvgIpc) is 3.45. The number of hydrogen-bond donors (Lipinski definition) is 1. The minimum Gasteiger partial charge on any atom is -0.352 e. The third-order valence-corrected chi connectivity index (χ3v) is 9.85. The van der Waals surface area contributed by atoms with Crippen LogP contribution in [0.25, 0.3) is 0 Å². The molecule has 1 N–H and O–H groups in total. The summed E-state index contributed by atoms with van der Waals surface area (Å²) >= 11 is 6.23. The van der Waals surface area contributed by atoms with E-state index in [0.717, 1.165) is 52.2 Å². The Balaban J connectivity index is 1.72. The van der Waals surface area contributed by atoms with Gasteiger partial charge in [-0.25, -0.2) is 8.42 Å². The fraction of sp³-hybridized carbons (Fsp3) is 0.375. The Kier molecular flexibility index (Phi) is 9.76. The number of anilines is 1. The Hall–Kier alpha value is -3.36. The molecule has 0 heterocycles. The predicted molar refractivity (Wildman–Crippen MR) is 163 cm³/mol. The van der Waals surface area contributed by atoms with Gasteiger partial charge < -0.3 is 10.2 Å². The zero-order chi connectivity index (χ0) is 29.7. The number of amides is 2. The van der Waals surface area contributed by atoms with Gasteiger partial charge in [-0.15, -0.1) is 0 Å². The standard InChI is InChI=1S/C32H38ClN3O4S/c1-22-15-17-29(18-16-22)41(39,40)36(30-14-7-9-23(2)24(30)3)21-31(37)35(20-26-10-8-11-27(33)19-26)25(4)32(38)34-28-12-5-6-13-28/h7-11,14-19,25,28H,5-6,12-13,20-21H2,1-4H3,(H,34,38)/t25-/m1/s1. The van der Waals surface area contributed by atoms with Crippen LogP contribution >= 0.6 is 11.6 Å². The normalized spacial score (nSPS) is 14.5. The number of benzene rings is 3. The smallest absolute Gasteiger partial charge is 0.264 e. The van der Waals surface area contributed by atoms with Gasteiger partial charge >= 0.3 is 0 Å². The van der Waals surface area contributed by atoms with Crippen LogP contribution in [0, 0.1) is 20.8 Å². The van der Waals surface area contributed by atoms with Crippen molar-refractivity contribution in [2.45, 2.75) is 76.9 Å². The Labute approximate surface area is 248 Å². The molecule has 1 aliphatic rings. The van der Waals surface area contributed by atoms with Crippen LogP contribution in [-0.2, 0) is 26.2 Å². The molecule has 0 spiro atoms. The lowest BCUT2D eigenvalue weighted by atomic mass is 10.1. The fourth-order valence-corrected chi connectivity index (χ4v) is 6.85. The number of hydrogen-bond acceptors (Lipinski definition) is 4. The molecule has 7 nitrogen and oxygen atoms in total. The Morgan fingerprint density at radius 1 is 0.976 bits per heavy atom. The molecule has 3 aromatic rings. The predicted octanol–water partition coefficient (Wildman–Crippen LogP) is 5.94. The second-order valence-corrected chi connectivity index (χ2v) is 13.2. The molecule has 1 aliphatic carbocycles. The van der Waals surface area contributed by atoms with Gasteiger partial charge in [0.2, 0.25) is 11.8 Å². The van der Waals surface area contributed by atoms with Gasteiger partial charge in [0, 0.05) is 17.6 Å². The minimum absolute atomic E-state index is 0.0847. The van der Waals surface area contributed by atoms with Gasteiger partial charge in [-0.2, -0.15) is 0 Å². The number of nitrogens with zero attached hydrogens (tertiary/aromatic N) is 2. The highest BCUT2D eigenvalue weighted by Gasteiger charge is 2.34. The molecule has 1 fully saturated rings. The van der Waals surface area contributed by atoms with Crippen molar-refractivity contribution in [3.63, 3.8) is 0 Å². The topological polar surface area (TPSA) is 86.8 Å². The lowest BCUT2D eigenvalue weighted by molar-refractivity contribution is -0.139. The zero-order valence-electron chi connectivity index (χ0n) is 24.1. The SMILES string of the molecule is Cc1ccc(S(=O)(=O)N(CC(=O)N(Cc2cccc(Cl)c2)[C@H](C)C(=O)NC2CCCC2)c2cccc(C)c2C)cc1. The Morgan fingerprint density at radius 2 is 1.63 bits per heavy atom. The quantitative estimate of drug-likeness (QED) is 0.314. The highest BCUT2D eigenvalue weighted by atomic mass is 35.5. The second kappa shape index (κ2) is 13.1. The molecule has 0 bridgehead atoms. The first-order valence-corrected chi connectivity index (χ1v) is 15.8. The van der Waals surface area contributed by atoms with E-state index in [1.807, 2.05) is 32.9 Å². The molecule has 1 atom stereocenters. The van der Waals surface area contributed by atoms with Gasteiger partial charge in [0.25, 0.3) is 10.0 Å². The number of carbonyl (C=O) groups excluding carboxylic acids is 2. The summed E-state index contributed by atoms with van der Waals surface area (Å²) in [5.41, 5.74) is 3.74. The van der Waals surface area contributed by atoms with E-state index < -0.39 is 28.5 Å². The molecule has 0 saturated heterocycles. The van der Waals surface area contributed by atoms with Crippen molar-refractivity contribution in [3.05, 3.63) is 94.0 Å². The van der Waals surface area contributed by atoms with Gasteiger partial charge in [0.05, 0.1) is 10.6 Å². The summed E-state index contributed by atoms with van der Waals surface area (Å²) < 4.78 is 29.3. The van der Waals surface area contributed by atoms with Crippen molar-refractivity contribution < 1.29 is 18.0 Å². The van der Waals surface area contributed by atoms with E-state index >= 15 is 0 Å². The molecule has 4 rings (SSSR count). The first kappa shape index (κ1) is 30.6. The Morgan fingerprint density at radius 3 is 2.29 bits per heavy atom. The molecule has 9 heteroatoms. The first-order valence-electron chi connectivity index (χ1n) is 14.0. The van der Waals surface area contributed by atoms with Crippen LogP contribution in [0.5, 0.6) is 0 Å². The summed E-state index contributed by atoms with van der Waals surface area (Å²) in [4.78, 5) is 29.0. The highest BCUT2D eigenvalue weighted by Crippen LogP contribution is 2.29. The number of halogens is 1. The van der Waals surface area contributed by atoms with Gasteiger partial charge in [-0.05, 0) is 87.6 Å². The van der Waals surface area contributed by atoms with E-state index in [-0.39, 0.29) is 23.4 Å². The third kappa shape index (κ3) is 7.29. The van der Waals surface area contributed by atoms with Crippen LogP contribution in [0.3, 0.4) is 0 Å². The zero-order valence-corrected chi connectivity index (χ0v) is 25.6. The van der Waals surface area contributed by atoms with Crippen molar-refractivity contribution in [2.24, 2.45) is 0 Å². The third-order valence-electron chi connectivity index (χ3n) is 7.84. The maximum atomic E-state index is 14.1. The number of carbonyl (C=O) groups is 2. The summed E-state index contributed by atoms with van der Waals surface area (Å²) in [5.74, 6) is -0.748. The van der Waals surface area contributed by atoms with Crippen LogP contribution in [0.2, 0.25) is 5.02 Å². The summed E-state index contributed by atoms with van der Waals surface area (Å²) in [5, 5.41) is 3.59. The highest BCUT2D eigenvalue weighted by molar-refractivity contribution is 7.92. The van der Waals surface area contributed by atoms with E-state index in [4.69, 9.17) is 11.6 Å². The molecule has 3 aromatic carbocycles. The average molecular weight is 596 g/mol. The molecule has 2 amide bonds. The monoisotopic (exact) mass is 595 g/mol. The fourth-order valence-electron chi connectivity index (χ4n) is 5.16. The van der Waals surface area contributed by atoms with Crippen LogP contribution < -0.4 is 9.62 Å². The molecule has 0 radical (unpaired) electrons. The van der Waals surface area contributed by atoms with Gasteiger partial charge in [0.1, 0.15) is 12.6 Å². The maximum absolute atomic E-state index is 14.1. The van der Waals surface area contributed by atoms with E-state index in [1.54, 1.807) is 61.5 Å². The summed E-state index contributed by atoms with van der Waals surface area (Å²) in [7, 11) is -4.12. The van der Waals surface area contributed by atoms with E-state index in [1.165, 1.54) is 4.90 Å². The van der Waals surface area contributed by atoms with Crippen LogP contribution in [-0.4, -0.2) is 43.8 Å². The van der Waals surface area contributed by atoms with Gasteiger partial charge in [-0.3, -0.25) is 13.9 Å². The van der Waals surface area contributed by atoms with E-state index in [2.05, 4.69) is 5.32 Å². The van der Waals surface area contributed by atoms with Gasteiger partial charge in [-0.1, -0.05) is 66.4 Å². The van der Waals surface area contributed by atoms with Crippen molar-refractivity contribution in [2.75, 3.05) is 10.8 Å². The molecule has 1 saturated carbocycles. The number of rotatable bonds is 10. The lowest BCUT2D eigenvalue weighted by Gasteiger charge is -2.33. The van der Waals surface area contributed by atoms with E-state index in [9.17, 15) is 18.0 Å². The van der Waals surface area contributed by atoms with Crippen molar-refractivity contribution >= 4 is 39.1 Å². The molecule has 0 aromatic heterocycles. The van der Waals surface area contributed by atoms with E-state index in [0.29, 0.717) is 10.7 Å². The molecule has 41 heavy (non-hydrogen) atoms. The Bertz CT molecular complexity index is 1500. The number of sulfonamides is 1. The first-order chi connectivity index (χ1) is 19.5. The maximum Gasteiger partial charge on any atom is 0.264 e. The van der Waals surface area contributed by atoms with Crippen LogP contribution in [0.15, 0.2) is 71.6 Å². The molecular weight excluding hydrogens is 558 g/mol. The summed E-state index contributed by atoms with van der Waals surface area (Å²) in [6.45, 7) is 6.94. The molecule has 0 unspecified atom stereocenters. The van der Waals surface area contributed by atoms with Crippen LogP contribution in [0.4, 0.5) is 5.69 Å². The molecular formula is C32H38ClN3O4S. The molecule has 218 valence electrons.